The predicted molar refractivity (Wildman–Crippen MR) is 137 cm³/mol. The number of hydrogen-bond acceptors (Lipinski definition) is 8. The van der Waals surface area contributed by atoms with Crippen LogP contribution < -0.4 is 27.2 Å². The smallest absolute Gasteiger partial charge is 0.270 e. The van der Waals surface area contributed by atoms with Crippen molar-refractivity contribution in [2.75, 3.05) is 30.8 Å². The summed E-state index contributed by atoms with van der Waals surface area (Å²) in [5.74, 6) is 0.362. The van der Waals surface area contributed by atoms with Crippen molar-refractivity contribution < 1.29 is 4.79 Å². The summed E-state index contributed by atoms with van der Waals surface area (Å²) in [4.78, 5) is 37.2. The number of piperidine rings is 1. The first-order valence-corrected chi connectivity index (χ1v) is 12.5. The Morgan fingerprint density at radius 1 is 1.20 bits per heavy atom. The maximum absolute atomic E-state index is 13.3. The summed E-state index contributed by atoms with van der Waals surface area (Å²) in [6.07, 6.45) is 4.36. The van der Waals surface area contributed by atoms with Crippen molar-refractivity contribution in [1.29, 1.82) is 0 Å². The number of hydrogen-bond donors (Lipinski definition) is 3. The fraction of sp³-hybridized carbons (Fsp3) is 0.360. The van der Waals surface area contributed by atoms with Crippen LogP contribution in [0.15, 0.2) is 57.2 Å². The van der Waals surface area contributed by atoms with E-state index in [1.54, 1.807) is 19.2 Å². The lowest BCUT2D eigenvalue weighted by Gasteiger charge is -2.42. The van der Waals surface area contributed by atoms with E-state index in [0.29, 0.717) is 10.8 Å². The highest BCUT2D eigenvalue weighted by atomic mass is 32.2. The molecule has 2 aliphatic rings. The number of nitrogens with two attached hydrogens (primary N) is 2. The minimum atomic E-state index is -0.331. The van der Waals surface area contributed by atoms with Gasteiger partial charge in [0.25, 0.3) is 11.5 Å². The van der Waals surface area contributed by atoms with E-state index in [4.69, 9.17) is 11.5 Å². The Labute approximate surface area is 207 Å². The molecule has 1 amide bonds. The summed E-state index contributed by atoms with van der Waals surface area (Å²) in [6, 6.07) is 11.9. The van der Waals surface area contributed by atoms with Crippen molar-refractivity contribution in [3.8, 4) is 0 Å². The third-order valence-corrected chi connectivity index (χ3v) is 8.45. The Morgan fingerprint density at radius 2 is 1.94 bits per heavy atom. The number of anilines is 2. The first-order valence-electron chi connectivity index (χ1n) is 11.6. The summed E-state index contributed by atoms with van der Waals surface area (Å²) in [5.41, 5.74) is 15.6. The SMILES string of the molecule is CNC(=O)c1ncccc1Sc1c(N)nc(N2CCC3(CC2)Cc2ccccc2[C@H]3N)n(C)c1=O. The van der Waals surface area contributed by atoms with Crippen LogP contribution in [0, 0.1) is 5.41 Å². The van der Waals surface area contributed by atoms with Gasteiger partial charge in [-0.05, 0) is 47.9 Å². The van der Waals surface area contributed by atoms with E-state index >= 15 is 0 Å². The molecule has 1 fully saturated rings. The summed E-state index contributed by atoms with van der Waals surface area (Å²) in [6.45, 7) is 1.49. The van der Waals surface area contributed by atoms with Gasteiger partial charge in [-0.15, -0.1) is 0 Å². The molecular formula is C25H29N7O2S. The second-order valence-electron chi connectivity index (χ2n) is 9.22. The van der Waals surface area contributed by atoms with Crippen LogP contribution >= 0.6 is 11.8 Å². The maximum Gasteiger partial charge on any atom is 0.270 e. The van der Waals surface area contributed by atoms with Gasteiger partial charge < -0.3 is 21.7 Å². The molecule has 1 aliphatic carbocycles. The van der Waals surface area contributed by atoms with Crippen LogP contribution in [0.2, 0.25) is 0 Å². The Balaban J connectivity index is 1.38. The zero-order valence-electron chi connectivity index (χ0n) is 19.8. The maximum atomic E-state index is 13.3. The van der Waals surface area contributed by atoms with Gasteiger partial charge in [0.1, 0.15) is 16.4 Å². The van der Waals surface area contributed by atoms with E-state index in [1.165, 1.54) is 28.9 Å². The molecule has 1 aliphatic heterocycles. The minimum Gasteiger partial charge on any atom is -0.382 e. The Morgan fingerprint density at radius 3 is 2.66 bits per heavy atom. The number of aromatic nitrogens is 3. The molecule has 1 atom stereocenters. The molecule has 1 spiro atoms. The van der Waals surface area contributed by atoms with Gasteiger partial charge in [0.15, 0.2) is 0 Å². The fourth-order valence-corrected chi connectivity index (χ4v) is 6.28. The first-order chi connectivity index (χ1) is 16.8. The molecular weight excluding hydrogens is 462 g/mol. The molecule has 35 heavy (non-hydrogen) atoms. The van der Waals surface area contributed by atoms with Crippen LogP contribution in [0.4, 0.5) is 11.8 Å². The lowest BCUT2D eigenvalue weighted by atomic mass is 9.73. The van der Waals surface area contributed by atoms with E-state index in [0.717, 1.165) is 44.1 Å². The molecule has 5 N–H and O–H groups in total. The molecule has 1 saturated heterocycles. The van der Waals surface area contributed by atoms with Gasteiger partial charge >= 0.3 is 0 Å². The topological polar surface area (TPSA) is 132 Å². The van der Waals surface area contributed by atoms with Crippen molar-refractivity contribution in [2.24, 2.45) is 18.2 Å². The van der Waals surface area contributed by atoms with Crippen molar-refractivity contribution in [3.63, 3.8) is 0 Å². The van der Waals surface area contributed by atoms with Gasteiger partial charge in [0.2, 0.25) is 5.95 Å². The molecule has 9 nitrogen and oxygen atoms in total. The molecule has 0 unspecified atom stereocenters. The van der Waals surface area contributed by atoms with Gasteiger partial charge in [-0.3, -0.25) is 14.2 Å². The van der Waals surface area contributed by atoms with Gasteiger partial charge in [0.05, 0.1) is 0 Å². The third-order valence-electron chi connectivity index (χ3n) is 7.31. The molecule has 3 heterocycles. The highest BCUT2D eigenvalue weighted by Crippen LogP contribution is 2.50. The standard InChI is InChI=1S/C25H29N7O2S/c1-28-22(33)18-17(8-5-11-29-18)35-19-21(27)30-24(31(2)23(19)34)32-12-9-25(10-13-32)14-15-6-3-4-7-16(15)20(25)26/h3-8,11,20H,9-10,12-14,26-27H2,1-2H3,(H,28,33)/t20-/m1/s1. The highest BCUT2D eigenvalue weighted by molar-refractivity contribution is 7.99. The lowest BCUT2D eigenvalue weighted by Crippen LogP contribution is -2.46. The molecule has 0 saturated carbocycles. The van der Waals surface area contributed by atoms with E-state index in [1.807, 2.05) is 0 Å². The van der Waals surface area contributed by atoms with E-state index in [9.17, 15) is 9.59 Å². The van der Waals surface area contributed by atoms with Crippen molar-refractivity contribution in [3.05, 3.63) is 69.8 Å². The number of carbonyl (C=O) groups is 1. The molecule has 2 aromatic heterocycles. The number of nitrogens with zero attached hydrogens (tertiary/aromatic N) is 4. The Bertz CT molecular complexity index is 1350. The number of fused-ring (bicyclic) bond motifs is 1. The van der Waals surface area contributed by atoms with Crippen molar-refractivity contribution in [1.82, 2.24) is 19.9 Å². The van der Waals surface area contributed by atoms with Crippen LogP contribution in [0.5, 0.6) is 0 Å². The van der Waals surface area contributed by atoms with Crippen LogP contribution in [0.3, 0.4) is 0 Å². The van der Waals surface area contributed by atoms with E-state index < -0.39 is 0 Å². The zero-order valence-corrected chi connectivity index (χ0v) is 20.6. The number of amides is 1. The average molecular weight is 492 g/mol. The summed E-state index contributed by atoms with van der Waals surface area (Å²) < 4.78 is 1.54. The van der Waals surface area contributed by atoms with Gasteiger partial charge in [-0.1, -0.05) is 36.0 Å². The normalized spacial score (nSPS) is 18.5. The number of rotatable bonds is 4. The average Bonchev–Trinajstić information content (AvgIpc) is 3.15. The number of nitrogen functional groups attached to an aromatic ring is 1. The van der Waals surface area contributed by atoms with Crippen molar-refractivity contribution >= 4 is 29.4 Å². The fourth-order valence-electron chi connectivity index (χ4n) is 5.29. The first kappa shape index (κ1) is 23.4. The summed E-state index contributed by atoms with van der Waals surface area (Å²) in [5, 5.41) is 2.57. The lowest BCUT2D eigenvalue weighted by molar-refractivity contribution is 0.0955. The third kappa shape index (κ3) is 3.96. The molecule has 0 bridgehead atoms. The van der Waals surface area contributed by atoms with E-state index in [2.05, 4.69) is 44.5 Å². The predicted octanol–water partition coefficient (Wildman–Crippen LogP) is 2.11. The second kappa shape index (κ2) is 9.01. The molecule has 0 radical (unpaired) electrons. The van der Waals surface area contributed by atoms with E-state index in [-0.39, 0.29) is 39.3 Å². The van der Waals surface area contributed by atoms with Crippen LogP contribution in [-0.2, 0) is 13.5 Å². The summed E-state index contributed by atoms with van der Waals surface area (Å²) >= 11 is 1.11. The van der Waals surface area contributed by atoms with Crippen LogP contribution in [-0.4, -0.2) is 40.6 Å². The summed E-state index contributed by atoms with van der Waals surface area (Å²) in [7, 11) is 3.24. The number of carbonyl (C=O) groups excluding carboxylic acids is 1. The Hall–Kier alpha value is -3.37. The van der Waals surface area contributed by atoms with Crippen LogP contribution in [0.25, 0.3) is 0 Å². The van der Waals surface area contributed by atoms with Gasteiger partial charge in [0, 0.05) is 44.3 Å². The molecule has 10 heteroatoms. The van der Waals surface area contributed by atoms with Crippen LogP contribution in [0.1, 0.15) is 40.5 Å². The Kier molecular flexibility index (Phi) is 6.02. The van der Waals surface area contributed by atoms with Gasteiger partial charge in [-0.25, -0.2) is 4.98 Å². The largest absolute Gasteiger partial charge is 0.382 e. The second-order valence-corrected chi connectivity index (χ2v) is 10.3. The number of benzene rings is 1. The highest BCUT2D eigenvalue weighted by Gasteiger charge is 2.46. The zero-order chi connectivity index (χ0) is 24.7. The number of nitrogens with one attached hydrogen (secondary N) is 1. The van der Waals surface area contributed by atoms with Crippen molar-refractivity contribution in [2.45, 2.75) is 35.1 Å². The number of pyridine rings is 1. The molecule has 5 rings (SSSR count). The molecule has 3 aromatic rings. The molecule has 182 valence electrons. The van der Waals surface area contributed by atoms with Gasteiger partial charge in [-0.2, -0.15) is 4.98 Å². The minimum absolute atomic E-state index is 0.0236. The molecule has 1 aromatic carbocycles. The quantitative estimate of drug-likeness (QED) is 0.506. The monoisotopic (exact) mass is 491 g/mol.